The molecule has 0 aliphatic heterocycles. The normalized spacial score (nSPS) is 11.4. The molecular weight excluding hydrogens is 300 g/mol. The van der Waals surface area contributed by atoms with Gasteiger partial charge in [0.15, 0.2) is 11.5 Å². The lowest BCUT2D eigenvalue weighted by atomic mass is 10.1. The summed E-state index contributed by atoms with van der Waals surface area (Å²) in [7, 11) is 0. The molecule has 128 valence electrons. The van der Waals surface area contributed by atoms with Crippen molar-refractivity contribution in [2.45, 2.75) is 52.7 Å². The lowest BCUT2D eigenvalue weighted by Crippen LogP contribution is -2.41. The number of nitrogens with one attached hydrogen (secondary N) is 1. The minimum Gasteiger partial charge on any atom is -0.348 e. The smallest absolute Gasteiger partial charge is 0.272 e. The molecule has 0 fully saturated rings. The van der Waals surface area contributed by atoms with Crippen molar-refractivity contribution in [1.82, 2.24) is 15.5 Å². The molecule has 1 aromatic heterocycles. The van der Waals surface area contributed by atoms with E-state index in [-0.39, 0.29) is 17.5 Å². The molecule has 0 bridgehead atoms. The van der Waals surface area contributed by atoms with Crippen molar-refractivity contribution >= 4 is 11.7 Å². The molecule has 0 spiro atoms. The van der Waals surface area contributed by atoms with E-state index in [0.29, 0.717) is 5.69 Å². The van der Waals surface area contributed by atoms with Gasteiger partial charge < -0.3 is 10.2 Å². The second-order valence-corrected chi connectivity index (χ2v) is 7.19. The van der Waals surface area contributed by atoms with Crippen molar-refractivity contribution in [2.24, 2.45) is 0 Å². The van der Waals surface area contributed by atoms with Crippen LogP contribution in [0.15, 0.2) is 42.5 Å². The molecule has 5 nitrogen and oxygen atoms in total. The number of nitrogens with zero attached hydrogens (tertiary/aromatic N) is 3. The molecule has 1 aromatic carbocycles. The Morgan fingerprint density at radius 1 is 1.08 bits per heavy atom. The first-order chi connectivity index (χ1) is 11.3. The fraction of sp³-hybridized carbons (Fsp3) is 0.421. The number of hydrogen-bond donors (Lipinski definition) is 1. The number of hydrogen-bond acceptors (Lipinski definition) is 4. The van der Waals surface area contributed by atoms with E-state index >= 15 is 0 Å². The van der Waals surface area contributed by atoms with Crippen LogP contribution in [0, 0.1) is 0 Å². The molecule has 0 radical (unpaired) electrons. The molecule has 1 heterocycles. The third kappa shape index (κ3) is 5.05. The van der Waals surface area contributed by atoms with E-state index in [9.17, 15) is 4.79 Å². The zero-order valence-electron chi connectivity index (χ0n) is 15.1. The number of aromatic nitrogens is 2. The van der Waals surface area contributed by atoms with Gasteiger partial charge in [0.25, 0.3) is 5.91 Å². The molecule has 1 amide bonds. The summed E-state index contributed by atoms with van der Waals surface area (Å²) in [6.07, 6.45) is 0. The predicted molar refractivity (Wildman–Crippen MR) is 97.0 cm³/mol. The van der Waals surface area contributed by atoms with Gasteiger partial charge in [-0.25, -0.2) is 0 Å². The number of anilines is 1. The SMILES string of the molecule is CC(C)N(Cc1ccccc1)c1ccc(C(=O)NC(C)(C)C)nn1. The van der Waals surface area contributed by atoms with Crippen LogP contribution >= 0.6 is 0 Å². The molecule has 5 heteroatoms. The third-order valence-electron chi connectivity index (χ3n) is 3.48. The largest absolute Gasteiger partial charge is 0.348 e. The number of rotatable bonds is 5. The Morgan fingerprint density at radius 3 is 2.25 bits per heavy atom. The van der Waals surface area contributed by atoms with Crippen LogP contribution in [-0.2, 0) is 6.54 Å². The molecule has 0 saturated carbocycles. The highest BCUT2D eigenvalue weighted by atomic mass is 16.2. The van der Waals surface area contributed by atoms with Crippen molar-refractivity contribution < 1.29 is 4.79 Å². The Morgan fingerprint density at radius 2 is 1.75 bits per heavy atom. The van der Waals surface area contributed by atoms with Crippen LogP contribution in [0.4, 0.5) is 5.82 Å². The highest BCUT2D eigenvalue weighted by molar-refractivity contribution is 5.92. The molecule has 2 aromatic rings. The van der Waals surface area contributed by atoms with E-state index in [4.69, 9.17) is 0 Å². The summed E-state index contributed by atoms with van der Waals surface area (Å²) in [6.45, 7) is 10.8. The van der Waals surface area contributed by atoms with E-state index in [1.54, 1.807) is 6.07 Å². The predicted octanol–water partition coefficient (Wildman–Crippen LogP) is 3.42. The lowest BCUT2D eigenvalue weighted by molar-refractivity contribution is 0.0913. The lowest BCUT2D eigenvalue weighted by Gasteiger charge is -2.27. The molecule has 24 heavy (non-hydrogen) atoms. The first-order valence-electron chi connectivity index (χ1n) is 8.23. The Hall–Kier alpha value is -2.43. The Labute approximate surface area is 144 Å². The highest BCUT2D eigenvalue weighted by Crippen LogP contribution is 2.17. The van der Waals surface area contributed by atoms with Crippen LogP contribution in [0.3, 0.4) is 0 Å². The van der Waals surface area contributed by atoms with Crippen LogP contribution in [0.1, 0.15) is 50.7 Å². The first-order valence-corrected chi connectivity index (χ1v) is 8.23. The maximum absolute atomic E-state index is 12.1. The minimum atomic E-state index is -0.297. The van der Waals surface area contributed by atoms with Gasteiger partial charge in [0.05, 0.1) is 0 Å². The number of carbonyl (C=O) groups excluding carboxylic acids is 1. The van der Waals surface area contributed by atoms with Gasteiger partial charge in [-0.2, -0.15) is 0 Å². The number of benzene rings is 1. The topological polar surface area (TPSA) is 58.1 Å². The second-order valence-electron chi connectivity index (χ2n) is 7.19. The Balaban J connectivity index is 2.16. The zero-order chi connectivity index (χ0) is 17.7. The van der Waals surface area contributed by atoms with Gasteiger partial charge in [-0.3, -0.25) is 4.79 Å². The molecule has 0 saturated heterocycles. The second kappa shape index (κ2) is 7.43. The molecule has 0 unspecified atom stereocenters. The molecule has 0 atom stereocenters. The monoisotopic (exact) mass is 326 g/mol. The van der Waals surface area contributed by atoms with Crippen LogP contribution in [0.25, 0.3) is 0 Å². The molecule has 0 aliphatic rings. The Kier molecular flexibility index (Phi) is 5.54. The average molecular weight is 326 g/mol. The summed E-state index contributed by atoms with van der Waals surface area (Å²) in [5, 5.41) is 11.3. The zero-order valence-corrected chi connectivity index (χ0v) is 15.1. The van der Waals surface area contributed by atoms with Crippen LogP contribution in [0.5, 0.6) is 0 Å². The quantitative estimate of drug-likeness (QED) is 0.914. The van der Waals surface area contributed by atoms with Gasteiger partial charge in [0.2, 0.25) is 0 Å². The summed E-state index contributed by atoms with van der Waals surface area (Å²) in [5.41, 5.74) is 1.24. The van der Waals surface area contributed by atoms with E-state index < -0.39 is 0 Å². The Bertz CT molecular complexity index is 660. The van der Waals surface area contributed by atoms with Gasteiger partial charge in [-0.15, -0.1) is 10.2 Å². The van der Waals surface area contributed by atoms with Crippen molar-refractivity contribution in [1.29, 1.82) is 0 Å². The van der Waals surface area contributed by atoms with E-state index in [2.05, 4.69) is 46.4 Å². The fourth-order valence-corrected chi connectivity index (χ4v) is 2.31. The van der Waals surface area contributed by atoms with E-state index in [1.807, 2.05) is 45.0 Å². The minimum absolute atomic E-state index is 0.208. The van der Waals surface area contributed by atoms with Crippen LogP contribution in [0.2, 0.25) is 0 Å². The highest BCUT2D eigenvalue weighted by Gasteiger charge is 2.18. The summed E-state index contributed by atoms with van der Waals surface area (Å²) in [5.74, 6) is 0.557. The fourth-order valence-electron chi connectivity index (χ4n) is 2.31. The van der Waals surface area contributed by atoms with Gasteiger partial charge >= 0.3 is 0 Å². The van der Waals surface area contributed by atoms with E-state index in [0.717, 1.165) is 12.4 Å². The van der Waals surface area contributed by atoms with Crippen molar-refractivity contribution in [2.75, 3.05) is 4.90 Å². The maximum Gasteiger partial charge on any atom is 0.272 e. The summed E-state index contributed by atoms with van der Waals surface area (Å²) in [4.78, 5) is 14.3. The third-order valence-corrected chi connectivity index (χ3v) is 3.48. The molecular formula is C19H26N4O. The van der Waals surface area contributed by atoms with Crippen molar-refractivity contribution in [3.8, 4) is 0 Å². The van der Waals surface area contributed by atoms with E-state index in [1.165, 1.54) is 5.56 Å². The summed E-state index contributed by atoms with van der Waals surface area (Å²) < 4.78 is 0. The standard InChI is InChI=1S/C19H26N4O/c1-14(2)23(13-15-9-7-6-8-10-15)17-12-11-16(21-22-17)18(24)20-19(3,4)5/h6-12,14H,13H2,1-5H3,(H,20,24). The van der Waals surface area contributed by atoms with Gasteiger partial charge in [-0.05, 0) is 52.3 Å². The summed E-state index contributed by atoms with van der Waals surface area (Å²) in [6, 6.07) is 14.1. The molecule has 2 rings (SSSR count). The molecule has 1 N–H and O–H groups in total. The van der Waals surface area contributed by atoms with Gasteiger partial charge in [0, 0.05) is 18.1 Å². The van der Waals surface area contributed by atoms with Gasteiger partial charge in [-0.1, -0.05) is 30.3 Å². The van der Waals surface area contributed by atoms with Gasteiger partial charge in [0.1, 0.15) is 0 Å². The van der Waals surface area contributed by atoms with Crippen LogP contribution in [-0.4, -0.2) is 27.7 Å². The summed E-state index contributed by atoms with van der Waals surface area (Å²) >= 11 is 0. The van der Waals surface area contributed by atoms with Crippen LogP contribution < -0.4 is 10.2 Å². The molecule has 0 aliphatic carbocycles. The van der Waals surface area contributed by atoms with Crippen molar-refractivity contribution in [3.05, 3.63) is 53.7 Å². The number of carbonyl (C=O) groups is 1. The first kappa shape index (κ1) is 17.9. The average Bonchev–Trinajstić information content (AvgIpc) is 2.52. The maximum atomic E-state index is 12.1. The van der Waals surface area contributed by atoms with Crippen molar-refractivity contribution in [3.63, 3.8) is 0 Å². The number of amides is 1.